The van der Waals surface area contributed by atoms with Crippen molar-refractivity contribution in [3.63, 3.8) is 0 Å². The van der Waals surface area contributed by atoms with Crippen molar-refractivity contribution >= 4 is 23.2 Å². The number of thiophene rings is 1. The number of ether oxygens (including phenoxy) is 1. The van der Waals surface area contributed by atoms with E-state index in [0.29, 0.717) is 13.1 Å². The van der Waals surface area contributed by atoms with E-state index in [1.54, 1.807) is 39.3 Å². The zero-order valence-electron chi connectivity index (χ0n) is 20.9. The second-order valence-corrected chi connectivity index (χ2v) is 10.3. The van der Waals surface area contributed by atoms with E-state index in [-0.39, 0.29) is 49.1 Å². The fourth-order valence-electron chi connectivity index (χ4n) is 4.50. The summed E-state index contributed by atoms with van der Waals surface area (Å²) in [6.45, 7) is 5.43. The second kappa shape index (κ2) is 12.2. The molecule has 3 aromatic rings. The smallest absolute Gasteiger partial charge is 0.242 e. The molecule has 190 valence electrons. The Morgan fingerprint density at radius 2 is 1.89 bits per heavy atom. The summed E-state index contributed by atoms with van der Waals surface area (Å²) in [5, 5.41) is 2.02. The zero-order valence-corrected chi connectivity index (χ0v) is 21.7. The number of fused-ring (bicyclic) bond motifs is 1. The van der Waals surface area contributed by atoms with Gasteiger partial charge in [-0.2, -0.15) is 0 Å². The first-order valence-electron chi connectivity index (χ1n) is 12.5. The normalized spacial score (nSPS) is 15.8. The molecule has 4 rings (SSSR count). The molecule has 0 unspecified atom stereocenters. The van der Waals surface area contributed by atoms with E-state index in [0.717, 1.165) is 24.0 Å². The molecular formula is C29H33FN2O3S. The molecule has 0 spiro atoms. The summed E-state index contributed by atoms with van der Waals surface area (Å²) >= 11 is 1.67. The van der Waals surface area contributed by atoms with Crippen LogP contribution in [0, 0.1) is 11.7 Å². The molecule has 2 heterocycles. The molecule has 1 aromatic heterocycles. The summed E-state index contributed by atoms with van der Waals surface area (Å²) in [6, 6.07) is 17.6. The van der Waals surface area contributed by atoms with Crippen LogP contribution in [0.5, 0.6) is 5.75 Å². The highest BCUT2D eigenvalue weighted by molar-refractivity contribution is 7.10. The molecule has 0 saturated heterocycles. The van der Waals surface area contributed by atoms with Gasteiger partial charge in [-0.15, -0.1) is 11.3 Å². The van der Waals surface area contributed by atoms with Crippen molar-refractivity contribution in [2.24, 2.45) is 5.92 Å². The van der Waals surface area contributed by atoms with Crippen LogP contribution >= 0.6 is 11.3 Å². The largest absolute Gasteiger partial charge is 0.488 e. The monoisotopic (exact) mass is 508 g/mol. The average Bonchev–Trinajstić information content (AvgIpc) is 3.37. The maximum atomic E-state index is 14.2. The van der Waals surface area contributed by atoms with Crippen molar-refractivity contribution in [1.29, 1.82) is 0 Å². The van der Waals surface area contributed by atoms with Gasteiger partial charge in [0.2, 0.25) is 11.8 Å². The number of carbonyl (C=O) groups excluding carboxylic acids is 2. The topological polar surface area (TPSA) is 49.9 Å². The number of hydrogen-bond donors (Lipinski definition) is 0. The minimum Gasteiger partial charge on any atom is -0.488 e. The third-order valence-electron chi connectivity index (χ3n) is 6.75. The molecule has 5 nitrogen and oxygen atoms in total. The maximum Gasteiger partial charge on any atom is 0.242 e. The van der Waals surface area contributed by atoms with Crippen LogP contribution in [0.1, 0.15) is 42.3 Å². The van der Waals surface area contributed by atoms with Crippen LogP contribution in [-0.2, 0) is 22.4 Å². The first-order valence-corrected chi connectivity index (χ1v) is 13.4. The van der Waals surface area contributed by atoms with Gasteiger partial charge in [0, 0.05) is 18.0 Å². The van der Waals surface area contributed by atoms with Gasteiger partial charge < -0.3 is 14.5 Å². The number of halogens is 1. The number of amides is 2. The Morgan fingerprint density at radius 1 is 1.14 bits per heavy atom. The first kappa shape index (κ1) is 25.9. The molecular weight excluding hydrogens is 475 g/mol. The molecule has 7 heteroatoms. The minimum absolute atomic E-state index is 0.0195. The maximum absolute atomic E-state index is 14.2. The number of hydrogen-bond acceptors (Lipinski definition) is 4. The highest BCUT2D eigenvalue weighted by Crippen LogP contribution is 2.34. The van der Waals surface area contributed by atoms with E-state index in [4.69, 9.17) is 4.74 Å². The first-order chi connectivity index (χ1) is 17.5. The van der Waals surface area contributed by atoms with E-state index in [1.807, 2.05) is 41.8 Å². The number of benzene rings is 2. The third kappa shape index (κ3) is 6.32. The van der Waals surface area contributed by atoms with E-state index in [9.17, 15) is 14.0 Å². The minimum atomic E-state index is -0.428. The highest BCUT2D eigenvalue weighted by Gasteiger charge is 2.34. The predicted molar refractivity (Wildman–Crippen MR) is 141 cm³/mol. The van der Waals surface area contributed by atoms with Gasteiger partial charge >= 0.3 is 0 Å². The van der Waals surface area contributed by atoms with E-state index in [2.05, 4.69) is 13.8 Å². The van der Waals surface area contributed by atoms with Gasteiger partial charge in [0.05, 0.1) is 19.0 Å². The van der Waals surface area contributed by atoms with Crippen LogP contribution in [0.4, 0.5) is 4.39 Å². The van der Waals surface area contributed by atoms with Crippen LogP contribution in [-0.4, -0.2) is 47.9 Å². The van der Waals surface area contributed by atoms with Crippen LogP contribution in [0.15, 0.2) is 66.0 Å². The summed E-state index contributed by atoms with van der Waals surface area (Å²) in [5.41, 5.74) is 1.97. The van der Waals surface area contributed by atoms with Crippen molar-refractivity contribution in [1.82, 2.24) is 9.80 Å². The van der Waals surface area contributed by atoms with Crippen LogP contribution in [0.25, 0.3) is 0 Å². The Labute approximate surface area is 216 Å². The number of para-hydroxylation sites is 1. The Bertz CT molecular complexity index is 1170. The molecule has 0 saturated carbocycles. The third-order valence-corrected chi connectivity index (χ3v) is 7.75. The van der Waals surface area contributed by atoms with E-state index < -0.39 is 5.82 Å². The van der Waals surface area contributed by atoms with Gasteiger partial charge in [-0.3, -0.25) is 9.59 Å². The summed E-state index contributed by atoms with van der Waals surface area (Å²) in [5.74, 6) is -0.143. The predicted octanol–water partition coefficient (Wildman–Crippen LogP) is 5.51. The molecule has 36 heavy (non-hydrogen) atoms. The molecule has 0 bridgehead atoms. The Hall–Kier alpha value is -3.19. The van der Waals surface area contributed by atoms with Gasteiger partial charge in [0.1, 0.15) is 6.61 Å². The Balaban J connectivity index is 1.51. The lowest BCUT2D eigenvalue weighted by molar-refractivity contribution is -0.143. The van der Waals surface area contributed by atoms with Crippen LogP contribution < -0.4 is 4.74 Å². The van der Waals surface area contributed by atoms with Crippen molar-refractivity contribution in [3.05, 3.63) is 87.9 Å². The van der Waals surface area contributed by atoms with E-state index >= 15 is 0 Å². The fraction of sp³-hybridized carbons (Fsp3) is 0.379. The lowest BCUT2D eigenvalue weighted by Gasteiger charge is -2.37. The summed E-state index contributed by atoms with van der Waals surface area (Å²) in [4.78, 5) is 31.6. The lowest BCUT2D eigenvalue weighted by atomic mass is 10.00. The van der Waals surface area contributed by atoms with Gasteiger partial charge in [0.25, 0.3) is 0 Å². The SMILES string of the molecule is CC[C@@H](C)CN(CC(=O)N1CCc2sccc2[C@H]1COc1ccccc1F)C(=O)Cc1ccccc1. The molecule has 0 N–H and O–H groups in total. The van der Waals surface area contributed by atoms with E-state index in [1.165, 1.54) is 10.9 Å². The summed E-state index contributed by atoms with van der Waals surface area (Å²) in [7, 11) is 0. The molecule has 2 aromatic carbocycles. The quantitative estimate of drug-likeness (QED) is 0.363. The van der Waals surface area contributed by atoms with Crippen molar-refractivity contribution in [2.75, 3.05) is 26.2 Å². The van der Waals surface area contributed by atoms with Gasteiger partial charge in [-0.1, -0.05) is 62.7 Å². The van der Waals surface area contributed by atoms with Gasteiger partial charge in [0.15, 0.2) is 11.6 Å². The molecule has 0 aliphatic carbocycles. The highest BCUT2D eigenvalue weighted by atomic mass is 32.1. The number of nitrogens with zero attached hydrogens (tertiary/aromatic N) is 2. The standard InChI is InChI=1S/C29H33FN2O3S/c1-3-21(2)18-31(28(33)17-22-9-5-4-6-10-22)19-29(34)32-15-13-27-23(14-16-36-27)25(32)20-35-26-12-8-7-11-24(26)30/h4-12,14,16,21,25H,3,13,15,17-20H2,1-2H3/t21-,25-/m1/s1. The summed E-state index contributed by atoms with van der Waals surface area (Å²) in [6.07, 6.45) is 1.95. The molecule has 0 radical (unpaired) electrons. The molecule has 1 aliphatic heterocycles. The molecule has 2 atom stereocenters. The lowest BCUT2D eigenvalue weighted by Crippen LogP contribution is -2.48. The average molecular weight is 509 g/mol. The number of carbonyl (C=O) groups is 2. The van der Waals surface area contributed by atoms with Gasteiger partial charge in [-0.25, -0.2) is 4.39 Å². The van der Waals surface area contributed by atoms with Crippen molar-refractivity contribution in [3.8, 4) is 5.75 Å². The molecule has 0 fully saturated rings. The van der Waals surface area contributed by atoms with Gasteiger partial charge in [-0.05, 0) is 47.0 Å². The Kier molecular flexibility index (Phi) is 8.75. The fourth-order valence-corrected chi connectivity index (χ4v) is 5.43. The van der Waals surface area contributed by atoms with Crippen LogP contribution in [0.3, 0.4) is 0 Å². The molecule has 2 amide bonds. The zero-order chi connectivity index (χ0) is 25.5. The van der Waals surface area contributed by atoms with Crippen molar-refractivity contribution < 1.29 is 18.7 Å². The Morgan fingerprint density at radius 3 is 2.64 bits per heavy atom. The second-order valence-electron chi connectivity index (χ2n) is 9.34. The summed E-state index contributed by atoms with van der Waals surface area (Å²) < 4.78 is 20.0. The molecule has 1 aliphatic rings. The van der Waals surface area contributed by atoms with Crippen LogP contribution in [0.2, 0.25) is 0 Å². The van der Waals surface area contributed by atoms with Crippen molar-refractivity contribution in [2.45, 2.75) is 39.2 Å². The number of rotatable bonds is 10.